The van der Waals surface area contributed by atoms with Gasteiger partial charge in [-0.3, -0.25) is 0 Å². The molecule has 0 fully saturated rings. The fourth-order valence-corrected chi connectivity index (χ4v) is 2.27. The molecular weight excluding hydrogens is 294 g/mol. The van der Waals surface area contributed by atoms with Crippen molar-refractivity contribution in [1.29, 1.82) is 0 Å². The van der Waals surface area contributed by atoms with Crippen molar-refractivity contribution in [3.8, 4) is 0 Å². The molecule has 0 amide bonds. The molecule has 0 saturated carbocycles. The van der Waals surface area contributed by atoms with Crippen molar-refractivity contribution < 1.29 is 4.63 Å². The van der Waals surface area contributed by atoms with Crippen molar-refractivity contribution in [3.63, 3.8) is 0 Å². The smallest absolute Gasteiger partial charge is 0.149 e. The van der Waals surface area contributed by atoms with Crippen LogP contribution in [0.1, 0.15) is 5.56 Å². The normalized spacial score (nSPS) is 10.7. The Labute approximate surface area is 112 Å². The minimum atomic E-state index is 0.736. The Kier molecular flexibility index (Phi) is 2.98. The molecule has 0 spiro atoms. The molecule has 0 radical (unpaired) electrons. The Morgan fingerprint density at radius 2 is 1.94 bits per heavy atom. The van der Waals surface area contributed by atoms with E-state index in [0.29, 0.717) is 0 Å². The predicted octanol–water partition coefficient (Wildman–Crippen LogP) is 3.60. The lowest BCUT2D eigenvalue weighted by atomic mass is 10.2. The summed E-state index contributed by atoms with van der Waals surface area (Å²) in [4.78, 5) is 0. The van der Waals surface area contributed by atoms with Crippen molar-refractivity contribution in [1.82, 2.24) is 10.3 Å². The molecule has 1 aromatic heterocycles. The molecule has 18 heavy (non-hydrogen) atoms. The topological polar surface area (TPSA) is 51.0 Å². The molecule has 90 valence electrons. The Bertz CT molecular complexity index is 666. The third-order valence-electron chi connectivity index (χ3n) is 2.65. The SMILES string of the molecule is Brc1cc(NCc2ccccc2)cc2nonc12. The lowest BCUT2D eigenvalue weighted by molar-refractivity contribution is 0.315. The molecule has 4 nitrogen and oxygen atoms in total. The van der Waals surface area contributed by atoms with Crippen LogP contribution in [0.15, 0.2) is 51.6 Å². The minimum absolute atomic E-state index is 0.736. The lowest BCUT2D eigenvalue weighted by Crippen LogP contribution is -1.99. The van der Waals surface area contributed by atoms with E-state index in [0.717, 1.165) is 27.7 Å². The molecule has 0 aliphatic rings. The van der Waals surface area contributed by atoms with E-state index >= 15 is 0 Å². The van der Waals surface area contributed by atoms with Crippen LogP contribution in [0.5, 0.6) is 0 Å². The van der Waals surface area contributed by atoms with Crippen LogP contribution >= 0.6 is 15.9 Å². The zero-order valence-electron chi connectivity index (χ0n) is 9.43. The van der Waals surface area contributed by atoms with Gasteiger partial charge in [-0.2, -0.15) is 0 Å². The molecule has 1 N–H and O–H groups in total. The van der Waals surface area contributed by atoms with Crippen LogP contribution in [0.3, 0.4) is 0 Å². The van der Waals surface area contributed by atoms with Gasteiger partial charge in [-0.15, -0.1) is 0 Å². The Morgan fingerprint density at radius 1 is 1.11 bits per heavy atom. The van der Waals surface area contributed by atoms with Gasteiger partial charge in [0.25, 0.3) is 0 Å². The number of nitrogens with zero attached hydrogens (tertiary/aromatic N) is 2. The quantitative estimate of drug-likeness (QED) is 0.803. The van der Waals surface area contributed by atoms with Crippen molar-refractivity contribution >= 4 is 32.7 Å². The van der Waals surface area contributed by atoms with Crippen LogP contribution in [-0.4, -0.2) is 10.3 Å². The van der Waals surface area contributed by atoms with Crippen LogP contribution in [0.25, 0.3) is 11.0 Å². The maximum atomic E-state index is 4.71. The maximum Gasteiger partial charge on any atom is 0.149 e. The number of fused-ring (bicyclic) bond motifs is 1. The van der Waals surface area contributed by atoms with Crippen molar-refractivity contribution in [2.75, 3.05) is 5.32 Å². The Balaban J connectivity index is 1.82. The summed E-state index contributed by atoms with van der Waals surface area (Å²) < 4.78 is 5.58. The Hall–Kier alpha value is -1.88. The number of nitrogens with one attached hydrogen (secondary N) is 1. The average Bonchev–Trinajstić information content (AvgIpc) is 2.86. The highest BCUT2D eigenvalue weighted by molar-refractivity contribution is 9.10. The van der Waals surface area contributed by atoms with Crippen LogP contribution in [-0.2, 0) is 6.54 Å². The summed E-state index contributed by atoms with van der Waals surface area (Å²) in [6.07, 6.45) is 0. The van der Waals surface area contributed by atoms with Gasteiger partial charge in [-0.1, -0.05) is 30.3 Å². The third kappa shape index (κ3) is 2.22. The molecule has 0 unspecified atom stereocenters. The average molecular weight is 304 g/mol. The highest BCUT2D eigenvalue weighted by Crippen LogP contribution is 2.25. The van der Waals surface area contributed by atoms with Crippen LogP contribution in [0, 0.1) is 0 Å². The molecule has 0 aliphatic carbocycles. The van der Waals surface area contributed by atoms with E-state index in [2.05, 4.69) is 43.7 Å². The van der Waals surface area contributed by atoms with Crippen LogP contribution in [0.4, 0.5) is 5.69 Å². The van der Waals surface area contributed by atoms with Gasteiger partial charge in [0, 0.05) is 12.2 Å². The van der Waals surface area contributed by atoms with Gasteiger partial charge < -0.3 is 5.32 Å². The summed E-state index contributed by atoms with van der Waals surface area (Å²) in [5, 5.41) is 11.0. The maximum absolute atomic E-state index is 4.71. The van der Waals surface area contributed by atoms with Gasteiger partial charge in [0.2, 0.25) is 0 Å². The van der Waals surface area contributed by atoms with Crippen LogP contribution < -0.4 is 5.32 Å². The number of anilines is 1. The zero-order chi connectivity index (χ0) is 12.4. The van der Waals surface area contributed by atoms with E-state index in [1.807, 2.05) is 30.3 Å². The lowest BCUT2D eigenvalue weighted by Gasteiger charge is -2.06. The van der Waals surface area contributed by atoms with E-state index in [1.165, 1.54) is 5.56 Å². The molecule has 1 heterocycles. The third-order valence-corrected chi connectivity index (χ3v) is 3.26. The molecule has 3 aromatic rings. The van der Waals surface area contributed by atoms with Crippen molar-refractivity contribution in [3.05, 3.63) is 52.5 Å². The first kappa shape index (κ1) is 11.2. The molecular formula is C13H10BrN3O. The van der Waals surface area contributed by atoms with Crippen molar-refractivity contribution in [2.45, 2.75) is 6.54 Å². The van der Waals surface area contributed by atoms with E-state index in [1.54, 1.807) is 0 Å². The van der Waals surface area contributed by atoms with Gasteiger partial charge in [-0.25, -0.2) is 4.63 Å². The molecule has 5 heteroatoms. The highest BCUT2D eigenvalue weighted by atomic mass is 79.9. The monoisotopic (exact) mass is 303 g/mol. The second-order valence-corrected chi connectivity index (χ2v) is 4.78. The van der Waals surface area contributed by atoms with E-state index < -0.39 is 0 Å². The van der Waals surface area contributed by atoms with Gasteiger partial charge in [0.15, 0.2) is 0 Å². The predicted molar refractivity (Wildman–Crippen MR) is 73.3 cm³/mol. The van der Waals surface area contributed by atoms with Crippen molar-refractivity contribution in [2.24, 2.45) is 0 Å². The number of aromatic nitrogens is 2. The number of halogens is 1. The fourth-order valence-electron chi connectivity index (χ4n) is 1.75. The number of benzene rings is 2. The fraction of sp³-hybridized carbons (Fsp3) is 0.0769. The summed E-state index contributed by atoms with van der Waals surface area (Å²) in [6.45, 7) is 0.768. The van der Waals surface area contributed by atoms with Gasteiger partial charge in [0.05, 0.1) is 4.47 Å². The Morgan fingerprint density at radius 3 is 2.78 bits per heavy atom. The summed E-state index contributed by atoms with van der Waals surface area (Å²) in [5.41, 5.74) is 3.68. The molecule has 0 aliphatic heterocycles. The summed E-state index contributed by atoms with van der Waals surface area (Å²) in [5.74, 6) is 0. The van der Waals surface area contributed by atoms with Gasteiger partial charge >= 0.3 is 0 Å². The summed E-state index contributed by atoms with van der Waals surface area (Å²) >= 11 is 3.45. The molecule has 2 aromatic carbocycles. The first-order chi connectivity index (χ1) is 8.83. The second-order valence-electron chi connectivity index (χ2n) is 3.93. The number of rotatable bonds is 3. The molecule has 0 atom stereocenters. The zero-order valence-corrected chi connectivity index (χ0v) is 11.0. The number of hydrogen-bond donors (Lipinski definition) is 1. The van der Waals surface area contributed by atoms with E-state index in [4.69, 9.17) is 4.63 Å². The largest absolute Gasteiger partial charge is 0.381 e. The first-order valence-electron chi connectivity index (χ1n) is 5.52. The minimum Gasteiger partial charge on any atom is -0.381 e. The molecule has 0 saturated heterocycles. The second kappa shape index (κ2) is 4.78. The molecule has 3 rings (SSSR count). The first-order valence-corrected chi connectivity index (χ1v) is 6.32. The highest BCUT2D eigenvalue weighted by Gasteiger charge is 2.06. The summed E-state index contributed by atoms with van der Waals surface area (Å²) in [7, 11) is 0. The van der Waals surface area contributed by atoms with E-state index in [9.17, 15) is 0 Å². The van der Waals surface area contributed by atoms with Crippen LogP contribution in [0.2, 0.25) is 0 Å². The number of hydrogen-bond acceptors (Lipinski definition) is 4. The summed E-state index contributed by atoms with van der Waals surface area (Å²) in [6, 6.07) is 14.1. The van der Waals surface area contributed by atoms with E-state index in [-0.39, 0.29) is 0 Å². The van der Waals surface area contributed by atoms with Gasteiger partial charge in [-0.05, 0) is 43.9 Å². The molecule has 0 bridgehead atoms. The standard InChI is InChI=1S/C13H10BrN3O/c14-11-6-10(7-12-13(11)17-18-16-12)15-8-9-4-2-1-3-5-9/h1-7,15H,8H2. The van der Waals surface area contributed by atoms with Gasteiger partial charge in [0.1, 0.15) is 11.0 Å².